The summed E-state index contributed by atoms with van der Waals surface area (Å²) in [6.07, 6.45) is 0. The van der Waals surface area contributed by atoms with Crippen molar-refractivity contribution in [3.63, 3.8) is 0 Å². The van der Waals surface area contributed by atoms with Crippen LogP contribution in [-0.4, -0.2) is 60.9 Å². The number of methoxy groups -OCH3 is 1. The lowest BCUT2D eigenvalue weighted by Crippen LogP contribution is -2.36. The molecule has 1 atom stereocenters. The number of carbonyl (C=O) groups is 2. The molecule has 0 aliphatic carbocycles. The summed E-state index contributed by atoms with van der Waals surface area (Å²) < 4.78 is 12.0. The van der Waals surface area contributed by atoms with E-state index in [4.69, 9.17) is 9.15 Å². The number of hydrogen-bond acceptors (Lipinski definition) is 6. The minimum absolute atomic E-state index is 0.00843. The van der Waals surface area contributed by atoms with Crippen molar-refractivity contribution in [3.8, 4) is 5.75 Å². The molecule has 166 valence electrons. The molecule has 0 radical (unpaired) electrons. The van der Waals surface area contributed by atoms with Crippen molar-refractivity contribution in [1.29, 1.82) is 0 Å². The highest BCUT2D eigenvalue weighted by Crippen LogP contribution is 2.40. The van der Waals surface area contributed by atoms with Gasteiger partial charge in [-0.3, -0.25) is 9.59 Å². The molecule has 2 aromatic carbocycles. The van der Waals surface area contributed by atoms with Crippen molar-refractivity contribution in [2.75, 3.05) is 34.3 Å². The van der Waals surface area contributed by atoms with E-state index in [-0.39, 0.29) is 11.3 Å². The summed E-state index contributed by atoms with van der Waals surface area (Å²) >= 11 is 3.41. The number of fused-ring (bicyclic) bond motifs is 1. The molecule has 0 fully saturated rings. The van der Waals surface area contributed by atoms with Gasteiger partial charge in [0, 0.05) is 22.9 Å². The molecule has 0 bridgehead atoms. The maximum atomic E-state index is 13.6. The lowest BCUT2D eigenvalue weighted by Gasteiger charge is -2.27. The molecular formula is C24H23BrN2O5. The van der Waals surface area contributed by atoms with Gasteiger partial charge in [0.2, 0.25) is 5.78 Å². The largest absolute Gasteiger partial charge is 0.503 e. The molecule has 2 heterocycles. The van der Waals surface area contributed by atoms with Gasteiger partial charge in [0.1, 0.15) is 0 Å². The maximum absolute atomic E-state index is 13.6. The minimum Gasteiger partial charge on any atom is -0.503 e. The third-order valence-corrected chi connectivity index (χ3v) is 6.00. The van der Waals surface area contributed by atoms with Crippen LogP contribution in [0.4, 0.5) is 0 Å². The first-order valence-electron chi connectivity index (χ1n) is 10.1. The zero-order valence-electron chi connectivity index (χ0n) is 18.0. The molecule has 0 unspecified atom stereocenters. The number of halogens is 1. The highest BCUT2D eigenvalue weighted by atomic mass is 79.9. The summed E-state index contributed by atoms with van der Waals surface area (Å²) in [5.41, 5.74) is 1.17. The highest BCUT2D eigenvalue weighted by molar-refractivity contribution is 9.10. The van der Waals surface area contributed by atoms with Crippen LogP contribution in [0.15, 0.2) is 68.8 Å². The molecule has 0 spiro atoms. The second-order valence-electron chi connectivity index (χ2n) is 7.84. The Bertz CT molecular complexity index is 1210. The number of para-hydroxylation sites is 1. The SMILES string of the molecule is COc1cccc2cc(C(=O)C3=C(O)C(=O)N(CCN(C)C)[C@H]3c3ccc(Br)cc3)oc12. The number of nitrogens with zero attached hydrogens (tertiary/aromatic N) is 2. The van der Waals surface area contributed by atoms with E-state index in [9.17, 15) is 14.7 Å². The Labute approximate surface area is 194 Å². The predicted octanol–water partition coefficient (Wildman–Crippen LogP) is 4.34. The number of benzene rings is 2. The molecule has 1 aliphatic heterocycles. The third-order valence-electron chi connectivity index (χ3n) is 5.47. The third kappa shape index (κ3) is 3.91. The van der Waals surface area contributed by atoms with Gasteiger partial charge in [-0.05, 0) is 43.9 Å². The Morgan fingerprint density at radius 3 is 2.59 bits per heavy atom. The van der Waals surface area contributed by atoms with Crippen molar-refractivity contribution in [2.24, 2.45) is 0 Å². The second kappa shape index (κ2) is 8.80. The number of ketones is 1. The van der Waals surface area contributed by atoms with Crippen LogP contribution < -0.4 is 4.74 Å². The van der Waals surface area contributed by atoms with E-state index in [0.717, 1.165) is 10.0 Å². The Morgan fingerprint density at radius 1 is 1.22 bits per heavy atom. The van der Waals surface area contributed by atoms with Gasteiger partial charge in [-0.2, -0.15) is 0 Å². The molecule has 32 heavy (non-hydrogen) atoms. The van der Waals surface area contributed by atoms with E-state index >= 15 is 0 Å². The first-order valence-corrected chi connectivity index (χ1v) is 10.9. The van der Waals surface area contributed by atoms with Gasteiger partial charge >= 0.3 is 0 Å². The lowest BCUT2D eigenvalue weighted by molar-refractivity contribution is -0.129. The maximum Gasteiger partial charge on any atom is 0.290 e. The van der Waals surface area contributed by atoms with E-state index in [2.05, 4.69) is 15.9 Å². The lowest BCUT2D eigenvalue weighted by atomic mass is 9.95. The normalized spacial score (nSPS) is 16.5. The van der Waals surface area contributed by atoms with Gasteiger partial charge in [-0.1, -0.05) is 40.2 Å². The van der Waals surface area contributed by atoms with Crippen LogP contribution in [0.2, 0.25) is 0 Å². The van der Waals surface area contributed by atoms with Gasteiger partial charge in [0.05, 0.1) is 18.7 Å². The number of rotatable bonds is 7. The quantitative estimate of drug-likeness (QED) is 0.487. The Hall–Kier alpha value is -3.10. The number of aliphatic hydroxyl groups is 1. The summed E-state index contributed by atoms with van der Waals surface area (Å²) in [4.78, 5) is 30.0. The molecule has 7 nitrogen and oxygen atoms in total. The van der Waals surface area contributed by atoms with Crippen LogP contribution >= 0.6 is 15.9 Å². The fourth-order valence-electron chi connectivity index (χ4n) is 3.86. The standard InChI is InChI=1S/C24H23BrN2O5/c1-26(2)11-12-27-20(14-7-9-16(25)10-8-14)19(22(29)24(27)30)21(28)18-13-15-5-4-6-17(31-3)23(15)32-18/h4-10,13,20,29H,11-12H2,1-3H3/t20-/m0/s1. The highest BCUT2D eigenvalue weighted by Gasteiger charge is 2.44. The summed E-state index contributed by atoms with van der Waals surface area (Å²) in [6.45, 7) is 0.927. The molecule has 1 amide bonds. The van der Waals surface area contributed by atoms with Crippen molar-refractivity contribution in [1.82, 2.24) is 9.80 Å². The molecule has 1 aliphatic rings. The topological polar surface area (TPSA) is 83.2 Å². The van der Waals surface area contributed by atoms with Crippen LogP contribution in [0, 0.1) is 0 Å². The molecule has 0 saturated carbocycles. The number of aliphatic hydroxyl groups excluding tert-OH is 1. The summed E-state index contributed by atoms with van der Waals surface area (Å²) in [6, 6.07) is 13.6. The average molecular weight is 499 g/mol. The van der Waals surface area contributed by atoms with Crippen LogP contribution in [-0.2, 0) is 4.79 Å². The van der Waals surface area contributed by atoms with Gasteiger partial charge < -0.3 is 24.1 Å². The number of amides is 1. The van der Waals surface area contributed by atoms with Crippen LogP contribution in [0.5, 0.6) is 5.75 Å². The first kappa shape index (κ1) is 22.1. The molecule has 8 heteroatoms. The van der Waals surface area contributed by atoms with Gasteiger partial charge in [0.25, 0.3) is 5.91 Å². The fraction of sp³-hybridized carbons (Fsp3) is 0.250. The molecule has 1 N–H and O–H groups in total. The van der Waals surface area contributed by atoms with Gasteiger partial charge in [-0.15, -0.1) is 0 Å². The van der Waals surface area contributed by atoms with Crippen molar-refractivity contribution < 1.29 is 23.8 Å². The van der Waals surface area contributed by atoms with E-state index in [1.54, 1.807) is 18.2 Å². The van der Waals surface area contributed by atoms with Crippen molar-refractivity contribution in [3.05, 3.63) is 75.7 Å². The average Bonchev–Trinajstić information content (AvgIpc) is 3.32. The predicted molar refractivity (Wildman–Crippen MR) is 124 cm³/mol. The molecular weight excluding hydrogens is 476 g/mol. The number of ether oxygens (including phenoxy) is 1. The fourth-order valence-corrected chi connectivity index (χ4v) is 4.12. The number of carbonyl (C=O) groups excluding carboxylic acids is 2. The number of likely N-dealkylation sites (N-methyl/N-ethyl adjacent to an activating group) is 1. The zero-order chi connectivity index (χ0) is 23.0. The van der Waals surface area contributed by atoms with Crippen LogP contribution in [0.1, 0.15) is 22.2 Å². The number of hydrogen-bond donors (Lipinski definition) is 1. The minimum atomic E-state index is -0.724. The van der Waals surface area contributed by atoms with Crippen molar-refractivity contribution in [2.45, 2.75) is 6.04 Å². The van der Waals surface area contributed by atoms with E-state index in [1.165, 1.54) is 12.0 Å². The van der Waals surface area contributed by atoms with Gasteiger partial charge in [0.15, 0.2) is 22.9 Å². The molecule has 4 rings (SSSR count). The molecule has 0 saturated heterocycles. The zero-order valence-corrected chi connectivity index (χ0v) is 19.5. The van der Waals surface area contributed by atoms with E-state index < -0.39 is 23.5 Å². The van der Waals surface area contributed by atoms with E-state index in [0.29, 0.717) is 29.8 Å². The Kier molecular flexibility index (Phi) is 6.08. The van der Waals surface area contributed by atoms with Crippen molar-refractivity contribution >= 4 is 38.6 Å². The van der Waals surface area contributed by atoms with E-state index in [1.807, 2.05) is 49.3 Å². The number of furan rings is 1. The number of Topliss-reactive ketones (excluding diaryl/α,β-unsaturated/α-hetero) is 1. The first-order chi connectivity index (χ1) is 15.3. The Balaban J connectivity index is 1.79. The molecule has 1 aromatic heterocycles. The summed E-state index contributed by atoms with van der Waals surface area (Å²) in [5.74, 6) is -1.12. The van der Waals surface area contributed by atoms with Crippen LogP contribution in [0.25, 0.3) is 11.0 Å². The smallest absolute Gasteiger partial charge is 0.290 e. The summed E-state index contributed by atoms with van der Waals surface area (Å²) in [5, 5.41) is 11.5. The molecule has 3 aromatic rings. The van der Waals surface area contributed by atoms with Crippen LogP contribution in [0.3, 0.4) is 0 Å². The van der Waals surface area contributed by atoms with Gasteiger partial charge in [-0.25, -0.2) is 0 Å². The summed E-state index contributed by atoms with van der Waals surface area (Å²) in [7, 11) is 5.32. The monoisotopic (exact) mass is 498 g/mol. The second-order valence-corrected chi connectivity index (χ2v) is 8.75. The Morgan fingerprint density at radius 2 is 1.94 bits per heavy atom.